The molecule has 43 heteroatoms. The van der Waals surface area contributed by atoms with Gasteiger partial charge in [-0.05, 0) is 85.9 Å². The third kappa shape index (κ3) is 18.4. The van der Waals surface area contributed by atoms with Crippen LogP contribution in [0.4, 0.5) is 0 Å². The molecule has 3 atom stereocenters. The SMILES string of the molecule is C[SiH2]O[Si](O[SiH3])(O[SiH3])O[Si](O[SiH3])(O[Si](O[SiH3])(O[SiH3])O[SiH3])O[Si](O[Si](C)(C)O[Si](C)(C)CC(CC(C)c1ccc(O)cc1)c1ccc(O)cc1)(O[Si](O[SiH3])(O[SiH3])O[SiH3])O[Si](O[SiH3])(O[SiH3])O[SiH3]. The van der Waals surface area contributed by atoms with Crippen LogP contribution in [-0.2, 0) is 82.3 Å². The van der Waals surface area contributed by atoms with Crippen molar-refractivity contribution < 1.29 is 92.5 Å². The fourth-order valence-corrected chi connectivity index (χ4v) is 70.0. The van der Waals surface area contributed by atoms with Gasteiger partial charge in [0.25, 0.3) is 0 Å². The number of rotatable bonds is 34. The van der Waals surface area contributed by atoms with E-state index in [0.29, 0.717) is 6.04 Å². The Morgan fingerprint density at radius 1 is 0.446 bits per heavy atom. The molecule has 0 heterocycles. The van der Waals surface area contributed by atoms with Crippen molar-refractivity contribution in [3.63, 3.8) is 0 Å². The van der Waals surface area contributed by atoms with Gasteiger partial charge in [0.2, 0.25) is 0 Å². The standard InChI is InChI=1S/C22H72O22Si21/c1-17(18-7-11-21(23)12-8-18)15-20(19-9-13-22(24)14-10-19)16-58(3,4)38-59(5,6)39-65(41-61(28-48,29-49)30-50,42-62(31-51,32-52)33-53)44-64(36-56,40-60(25-45,26-46)27-47)43-63(34-54,35-55)37-57-2/h7-14,17,20,23-24H,15-16,57H2,1-6,45-56H3. The lowest BCUT2D eigenvalue weighted by Gasteiger charge is -2.46. The van der Waals surface area contributed by atoms with Crippen molar-refractivity contribution in [2.45, 2.75) is 64.0 Å². The Morgan fingerprint density at radius 2 is 0.769 bits per heavy atom. The van der Waals surface area contributed by atoms with Crippen molar-refractivity contribution in [1.29, 1.82) is 0 Å². The smallest absolute Gasteiger partial charge is 0.508 e. The molecule has 0 saturated heterocycles. The van der Waals surface area contributed by atoms with E-state index in [1.807, 2.05) is 43.9 Å². The molecular weight excluding hydrogens is 1210 g/mol. The quantitative estimate of drug-likeness (QED) is 0.0621. The molecule has 0 aromatic heterocycles. The lowest BCUT2D eigenvalue weighted by atomic mass is 9.87. The molecule has 2 aromatic carbocycles. The van der Waals surface area contributed by atoms with Crippen molar-refractivity contribution in [2.24, 2.45) is 0 Å². The largest absolute Gasteiger partial charge is 0.653 e. The second-order valence-corrected chi connectivity index (χ2v) is 54.7. The lowest BCUT2D eigenvalue weighted by Crippen LogP contribution is -2.76. The maximum absolute atomic E-state index is 10.2. The van der Waals surface area contributed by atoms with E-state index < -0.39 is 80.9 Å². The van der Waals surface area contributed by atoms with Crippen LogP contribution in [-0.4, -0.2) is 217 Å². The highest BCUT2D eigenvalue weighted by atomic mass is 28.6. The van der Waals surface area contributed by atoms with Crippen LogP contribution in [0.25, 0.3) is 0 Å². The normalized spacial score (nSPS) is 20.0. The first-order valence-electron chi connectivity index (χ1n) is 20.2. The molecule has 0 aliphatic rings. The van der Waals surface area contributed by atoms with Crippen LogP contribution in [0.1, 0.15) is 36.3 Å². The monoisotopic (exact) mass is 1280 g/mol. The summed E-state index contributed by atoms with van der Waals surface area (Å²) in [5, 5.41) is 20.2. The molecule has 0 saturated carbocycles. The first-order chi connectivity index (χ1) is 30.5. The molecule has 0 aliphatic heterocycles. The summed E-state index contributed by atoms with van der Waals surface area (Å²) in [6.07, 6.45) is 0.743. The molecule has 376 valence electrons. The minimum absolute atomic E-state index is 0.0102. The predicted molar refractivity (Wildman–Crippen MR) is 302 cm³/mol. The van der Waals surface area contributed by atoms with Crippen LogP contribution >= 0.6 is 0 Å². The van der Waals surface area contributed by atoms with Crippen LogP contribution in [0.15, 0.2) is 48.5 Å². The van der Waals surface area contributed by atoms with Gasteiger partial charge in [-0.25, -0.2) is 0 Å². The molecule has 0 bridgehead atoms. The summed E-state index contributed by atoms with van der Waals surface area (Å²) in [5.41, 5.74) is 2.12. The van der Waals surface area contributed by atoms with E-state index in [0.717, 1.165) is 17.5 Å². The van der Waals surface area contributed by atoms with Gasteiger partial charge in [0, 0.05) is 0 Å². The van der Waals surface area contributed by atoms with E-state index >= 15 is 0 Å². The van der Waals surface area contributed by atoms with E-state index in [1.165, 1.54) is 0 Å². The molecule has 65 heavy (non-hydrogen) atoms. The van der Waals surface area contributed by atoms with Crippen LogP contribution < -0.4 is 0 Å². The Balaban J connectivity index is 2.98. The molecule has 0 radical (unpaired) electrons. The van der Waals surface area contributed by atoms with Crippen molar-refractivity contribution in [3.8, 4) is 11.5 Å². The number of benzene rings is 2. The van der Waals surface area contributed by atoms with Gasteiger partial charge in [-0.15, -0.1) is 0 Å². The van der Waals surface area contributed by atoms with E-state index in [4.69, 9.17) is 82.3 Å². The molecule has 22 nitrogen and oxygen atoms in total. The van der Waals surface area contributed by atoms with Crippen molar-refractivity contribution in [2.75, 3.05) is 0 Å². The minimum Gasteiger partial charge on any atom is -0.508 e. The summed E-state index contributed by atoms with van der Waals surface area (Å²) < 4.78 is 128. The summed E-state index contributed by atoms with van der Waals surface area (Å²) >= 11 is 0. The number of aromatic hydroxyl groups is 2. The van der Waals surface area contributed by atoms with Gasteiger partial charge in [0.05, 0.1) is 0 Å². The Hall–Kier alpha value is 1.79. The predicted octanol–water partition coefficient (Wildman–Crippen LogP) is -12.3. The van der Waals surface area contributed by atoms with E-state index in [9.17, 15) is 10.2 Å². The zero-order chi connectivity index (χ0) is 49.4. The Bertz CT molecular complexity index is 1620. The Labute approximate surface area is 431 Å². The molecule has 2 N–H and O–H groups in total. The van der Waals surface area contributed by atoms with Gasteiger partial charge in [-0.1, -0.05) is 37.7 Å². The molecule has 2 aromatic rings. The topological polar surface area (TPSA) is 225 Å². The number of phenolic OH excluding ortho intramolecular Hbond substituents is 2. The second kappa shape index (κ2) is 28.3. The summed E-state index contributed by atoms with van der Waals surface area (Å²) in [6, 6.07) is 15.2. The van der Waals surface area contributed by atoms with Gasteiger partial charge in [-0.2, -0.15) is 0 Å². The summed E-state index contributed by atoms with van der Waals surface area (Å²) in [4.78, 5) is 0. The summed E-state index contributed by atoms with van der Waals surface area (Å²) in [7, 11) is -32.5. The zero-order valence-electron chi connectivity index (χ0n) is 41.0. The van der Waals surface area contributed by atoms with Gasteiger partial charge < -0.3 is 92.5 Å². The molecular formula is C22H72O22Si21. The summed E-state index contributed by atoms with van der Waals surface area (Å²) in [6.45, 7) is 12.0. The van der Waals surface area contributed by atoms with Crippen molar-refractivity contribution >= 4 is 207 Å². The fourth-order valence-electron chi connectivity index (χ4n) is 6.77. The lowest BCUT2D eigenvalue weighted by molar-refractivity contribution is -0.0101. The third-order valence-electron chi connectivity index (χ3n) is 9.67. The van der Waals surface area contributed by atoms with Gasteiger partial charge in [0.1, 0.15) is 137 Å². The van der Waals surface area contributed by atoms with Crippen molar-refractivity contribution in [1.82, 2.24) is 0 Å². The first kappa shape index (κ1) is 62.9. The number of phenols is 2. The van der Waals surface area contributed by atoms with Gasteiger partial charge in [-0.3, -0.25) is 0 Å². The molecule has 0 spiro atoms. The molecule has 0 aliphatic carbocycles. The highest BCUT2D eigenvalue weighted by Gasteiger charge is 2.73. The number of hydrogen-bond acceptors (Lipinski definition) is 22. The zero-order valence-corrected chi connectivity index (χ0v) is 74.4. The highest BCUT2D eigenvalue weighted by Crippen LogP contribution is 2.40. The Morgan fingerprint density at radius 3 is 1.12 bits per heavy atom. The van der Waals surface area contributed by atoms with E-state index in [2.05, 4.69) is 20.0 Å². The van der Waals surface area contributed by atoms with Crippen LogP contribution in [0.5, 0.6) is 11.5 Å². The first-order valence-corrected chi connectivity index (χ1v) is 47.7. The van der Waals surface area contributed by atoms with Gasteiger partial charge in [0.15, 0.2) is 18.1 Å². The molecule has 0 fully saturated rings. The second-order valence-electron chi connectivity index (χ2n) is 15.0. The molecule has 2 rings (SSSR count). The average molecular weight is 1280 g/mol. The fraction of sp³-hybridized carbons (Fsp3) is 0.455. The maximum atomic E-state index is 10.2. The van der Waals surface area contributed by atoms with E-state index in [1.54, 1.807) is 24.3 Å². The van der Waals surface area contributed by atoms with Crippen molar-refractivity contribution in [3.05, 3.63) is 59.7 Å². The molecule has 0 amide bonds. The van der Waals surface area contributed by atoms with Crippen LogP contribution in [0.3, 0.4) is 0 Å². The summed E-state index contributed by atoms with van der Waals surface area (Å²) in [5.74, 6) is 0.471. The number of hydrogen-bond donors (Lipinski definition) is 2. The highest BCUT2D eigenvalue weighted by molar-refractivity contribution is 6.91. The average Bonchev–Trinajstić information content (AvgIpc) is 3.28. The Kier molecular flexibility index (Phi) is 27.4. The van der Waals surface area contributed by atoms with Gasteiger partial charge >= 0.3 is 62.8 Å². The van der Waals surface area contributed by atoms with Crippen LogP contribution in [0, 0.1) is 0 Å². The third-order valence-corrected chi connectivity index (χ3v) is 54.9. The molecule has 3 unspecified atom stereocenters. The maximum Gasteiger partial charge on any atom is 0.653 e. The van der Waals surface area contributed by atoms with E-state index in [-0.39, 0.29) is 149 Å². The van der Waals surface area contributed by atoms with Crippen LogP contribution in [0.2, 0.25) is 38.8 Å². The minimum atomic E-state index is -5.15.